The summed E-state index contributed by atoms with van der Waals surface area (Å²) in [4.78, 5) is 11.6. The third kappa shape index (κ3) is 2.53. The second-order valence-corrected chi connectivity index (χ2v) is 6.08. The highest BCUT2D eigenvalue weighted by atomic mass is 32.2. The van der Waals surface area contributed by atoms with Gasteiger partial charge in [-0.15, -0.1) is 0 Å². The maximum atomic E-state index is 11.7. The summed E-state index contributed by atoms with van der Waals surface area (Å²) in [7, 11) is -3.38. The zero-order valence-electron chi connectivity index (χ0n) is 9.02. The molecule has 2 heterocycles. The molecule has 0 aromatic heterocycles. The first-order valence-electron chi connectivity index (χ1n) is 5.44. The largest absolute Gasteiger partial charge is 0.378 e. The Morgan fingerprint density at radius 1 is 1.50 bits per heavy atom. The van der Waals surface area contributed by atoms with Gasteiger partial charge in [0.1, 0.15) is 0 Å². The summed E-state index contributed by atoms with van der Waals surface area (Å²) >= 11 is 0. The number of carbonyl (C=O) groups excluding carboxylic acids is 1. The molecule has 0 bridgehead atoms. The van der Waals surface area contributed by atoms with Crippen LogP contribution in [0.4, 0.5) is 0 Å². The Morgan fingerprint density at radius 3 is 2.94 bits per heavy atom. The first-order chi connectivity index (χ1) is 7.59. The van der Waals surface area contributed by atoms with E-state index in [1.165, 1.54) is 0 Å². The van der Waals surface area contributed by atoms with Crippen LogP contribution in [-0.2, 0) is 19.6 Å². The lowest BCUT2D eigenvalue weighted by Gasteiger charge is -2.32. The van der Waals surface area contributed by atoms with Gasteiger partial charge in [-0.05, 0) is 6.42 Å². The number of sulfonamides is 1. The SMILES string of the molecule is O=C1CCCS(=O)(=O)N1CC1COCCN1. The lowest BCUT2D eigenvalue weighted by molar-refractivity contribution is -0.127. The van der Waals surface area contributed by atoms with E-state index in [0.717, 1.165) is 4.31 Å². The van der Waals surface area contributed by atoms with Crippen molar-refractivity contribution in [2.24, 2.45) is 0 Å². The highest BCUT2D eigenvalue weighted by Gasteiger charge is 2.33. The minimum absolute atomic E-state index is 0.0757. The number of amides is 1. The van der Waals surface area contributed by atoms with Crippen LogP contribution < -0.4 is 5.32 Å². The van der Waals surface area contributed by atoms with Gasteiger partial charge in [0.05, 0.1) is 25.5 Å². The summed E-state index contributed by atoms with van der Waals surface area (Å²) in [5, 5.41) is 3.14. The molecule has 1 unspecified atom stereocenters. The van der Waals surface area contributed by atoms with Crippen molar-refractivity contribution in [1.29, 1.82) is 0 Å². The highest BCUT2D eigenvalue weighted by Crippen LogP contribution is 2.15. The number of hydrogen-bond acceptors (Lipinski definition) is 5. The summed E-state index contributed by atoms with van der Waals surface area (Å²) in [5.41, 5.74) is 0. The molecule has 0 radical (unpaired) electrons. The van der Waals surface area contributed by atoms with Gasteiger partial charge in [0.25, 0.3) is 0 Å². The maximum Gasteiger partial charge on any atom is 0.237 e. The van der Waals surface area contributed by atoms with E-state index in [9.17, 15) is 13.2 Å². The molecule has 2 aliphatic rings. The van der Waals surface area contributed by atoms with Crippen molar-refractivity contribution >= 4 is 15.9 Å². The average molecular weight is 248 g/mol. The molecule has 2 rings (SSSR count). The Balaban J connectivity index is 2.02. The second kappa shape index (κ2) is 4.68. The van der Waals surface area contributed by atoms with Crippen molar-refractivity contribution in [1.82, 2.24) is 9.62 Å². The number of nitrogens with zero attached hydrogens (tertiary/aromatic N) is 1. The first-order valence-corrected chi connectivity index (χ1v) is 7.05. The van der Waals surface area contributed by atoms with Gasteiger partial charge in [-0.3, -0.25) is 4.79 Å². The van der Waals surface area contributed by atoms with Gasteiger partial charge in [-0.1, -0.05) is 0 Å². The van der Waals surface area contributed by atoms with Gasteiger partial charge in [-0.25, -0.2) is 12.7 Å². The molecule has 6 nitrogen and oxygen atoms in total. The van der Waals surface area contributed by atoms with E-state index in [4.69, 9.17) is 4.74 Å². The fraction of sp³-hybridized carbons (Fsp3) is 0.889. The molecule has 2 saturated heterocycles. The monoisotopic (exact) mass is 248 g/mol. The van der Waals surface area contributed by atoms with Crippen LogP contribution in [0, 0.1) is 0 Å². The smallest absolute Gasteiger partial charge is 0.237 e. The predicted octanol–water partition coefficient (Wildman–Crippen LogP) is -1.07. The van der Waals surface area contributed by atoms with Crippen LogP contribution in [0.25, 0.3) is 0 Å². The zero-order valence-corrected chi connectivity index (χ0v) is 9.83. The van der Waals surface area contributed by atoms with Crippen LogP contribution in [-0.4, -0.2) is 56.7 Å². The lowest BCUT2D eigenvalue weighted by Crippen LogP contribution is -2.53. The van der Waals surface area contributed by atoms with Crippen LogP contribution in [0.3, 0.4) is 0 Å². The quantitative estimate of drug-likeness (QED) is 0.673. The molecule has 1 amide bonds. The lowest BCUT2D eigenvalue weighted by atomic mass is 10.2. The minimum atomic E-state index is -3.38. The Hall–Kier alpha value is -0.660. The Bertz CT molecular complexity index is 362. The number of morpholine rings is 1. The van der Waals surface area contributed by atoms with Crippen LogP contribution in [0.2, 0.25) is 0 Å². The standard InChI is InChI=1S/C9H16N2O4S/c12-9-2-1-5-16(13,14)11(9)6-8-7-15-4-3-10-8/h8,10H,1-7H2. The van der Waals surface area contributed by atoms with Crippen molar-refractivity contribution < 1.29 is 17.9 Å². The van der Waals surface area contributed by atoms with Gasteiger partial charge in [-0.2, -0.15) is 0 Å². The van der Waals surface area contributed by atoms with Crippen LogP contribution in [0.5, 0.6) is 0 Å². The van der Waals surface area contributed by atoms with Crippen molar-refractivity contribution in [3.05, 3.63) is 0 Å². The Morgan fingerprint density at radius 2 is 2.31 bits per heavy atom. The fourth-order valence-electron chi connectivity index (χ4n) is 1.95. The van der Waals surface area contributed by atoms with Crippen LogP contribution >= 0.6 is 0 Å². The van der Waals surface area contributed by atoms with Gasteiger partial charge < -0.3 is 10.1 Å². The molecule has 7 heteroatoms. The summed E-state index contributed by atoms with van der Waals surface area (Å²) < 4.78 is 29.6. The van der Waals surface area contributed by atoms with E-state index in [0.29, 0.717) is 32.6 Å². The third-order valence-corrected chi connectivity index (χ3v) is 4.62. The molecule has 0 saturated carbocycles. The van der Waals surface area contributed by atoms with E-state index in [2.05, 4.69) is 5.32 Å². The Kier molecular flexibility index (Phi) is 3.46. The number of nitrogens with one attached hydrogen (secondary N) is 1. The van der Waals surface area contributed by atoms with Gasteiger partial charge in [0.15, 0.2) is 0 Å². The molecule has 0 aliphatic carbocycles. The molecule has 2 aliphatic heterocycles. The predicted molar refractivity (Wildman–Crippen MR) is 57.3 cm³/mol. The normalized spacial score (nSPS) is 30.4. The number of rotatable bonds is 2. The molecule has 1 N–H and O–H groups in total. The van der Waals surface area contributed by atoms with Gasteiger partial charge in [0, 0.05) is 19.0 Å². The van der Waals surface area contributed by atoms with Gasteiger partial charge in [0.2, 0.25) is 15.9 Å². The third-order valence-electron chi connectivity index (χ3n) is 2.79. The summed E-state index contributed by atoms with van der Waals surface area (Å²) in [6.07, 6.45) is 0.763. The van der Waals surface area contributed by atoms with Crippen LogP contribution in [0.1, 0.15) is 12.8 Å². The van der Waals surface area contributed by atoms with Crippen molar-refractivity contribution in [2.45, 2.75) is 18.9 Å². The van der Waals surface area contributed by atoms with E-state index in [1.807, 2.05) is 0 Å². The molecule has 2 fully saturated rings. The molecule has 0 aromatic carbocycles. The topological polar surface area (TPSA) is 75.7 Å². The molecular weight excluding hydrogens is 232 g/mol. The summed E-state index contributed by atoms with van der Waals surface area (Å²) in [5.74, 6) is -0.217. The second-order valence-electron chi connectivity index (χ2n) is 4.07. The van der Waals surface area contributed by atoms with Crippen molar-refractivity contribution in [2.75, 3.05) is 32.1 Å². The first kappa shape index (κ1) is 11.8. The van der Waals surface area contributed by atoms with Gasteiger partial charge >= 0.3 is 0 Å². The number of hydrogen-bond donors (Lipinski definition) is 1. The summed E-state index contributed by atoms with van der Waals surface area (Å²) in [6, 6.07) is -0.0782. The molecule has 16 heavy (non-hydrogen) atoms. The minimum Gasteiger partial charge on any atom is -0.378 e. The van der Waals surface area contributed by atoms with Crippen molar-refractivity contribution in [3.63, 3.8) is 0 Å². The molecule has 0 spiro atoms. The Labute approximate surface area is 95.0 Å². The van der Waals surface area contributed by atoms with E-state index in [-0.39, 0.29) is 24.2 Å². The molecular formula is C9H16N2O4S. The number of carbonyl (C=O) groups is 1. The molecule has 1 atom stereocenters. The van der Waals surface area contributed by atoms with Crippen LogP contribution in [0.15, 0.2) is 0 Å². The summed E-state index contributed by atoms with van der Waals surface area (Å²) in [6.45, 7) is 1.99. The maximum absolute atomic E-state index is 11.7. The molecule has 92 valence electrons. The fourth-order valence-corrected chi connectivity index (χ4v) is 3.49. The molecule has 0 aromatic rings. The highest BCUT2D eigenvalue weighted by molar-refractivity contribution is 7.89. The zero-order chi connectivity index (χ0) is 11.6. The van der Waals surface area contributed by atoms with E-state index in [1.54, 1.807) is 0 Å². The van der Waals surface area contributed by atoms with Crippen molar-refractivity contribution in [3.8, 4) is 0 Å². The van der Waals surface area contributed by atoms with E-state index < -0.39 is 10.0 Å². The van der Waals surface area contributed by atoms with E-state index >= 15 is 0 Å². The average Bonchev–Trinajstić information content (AvgIpc) is 2.25. The number of ether oxygens (including phenoxy) is 1.